The highest BCUT2D eigenvalue weighted by Crippen LogP contribution is 2.31. The number of methoxy groups -OCH3 is 2. The Morgan fingerprint density at radius 2 is 1.79 bits per heavy atom. The Morgan fingerprint density at radius 1 is 1.07 bits per heavy atom. The van der Waals surface area contributed by atoms with Gasteiger partial charge in [0, 0.05) is 11.7 Å². The van der Waals surface area contributed by atoms with Crippen LogP contribution in [0.25, 0.3) is 0 Å². The first-order chi connectivity index (χ1) is 13.4. The summed E-state index contributed by atoms with van der Waals surface area (Å²) in [6.07, 6.45) is 0.870. The molecule has 0 radical (unpaired) electrons. The van der Waals surface area contributed by atoms with Gasteiger partial charge in [-0.25, -0.2) is 9.59 Å². The molecule has 7 heteroatoms. The second-order valence-electron chi connectivity index (χ2n) is 6.60. The van der Waals surface area contributed by atoms with Crippen LogP contribution in [0.4, 0.5) is 11.4 Å². The van der Waals surface area contributed by atoms with Crippen molar-refractivity contribution in [1.82, 2.24) is 0 Å². The molecule has 0 aliphatic carbocycles. The van der Waals surface area contributed by atoms with E-state index in [-0.39, 0.29) is 35.3 Å². The zero-order valence-electron chi connectivity index (χ0n) is 16.0. The minimum Gasteiger partial charge on any atom is -0.465 e. The Morgan fingerprint density at radius 3 is 2.50 bits per heavy atom. The van der Waals surface area contributed by atoms with E-state index in [1.807, 2.05) is 23.1 Å². The topological polar surface area (TPSA) is 84.9 Å². The van der Waals surface area contributed by atoms with Crippen LogP contribution in [0.2, 0.25) is 0 Å². The molecule has 1 amide bonds. The third-order valence-electron chi connectivity index (χ3n) is 4.78. The number of hydrogen-bond acceptors (Lipinski definition) is 6. The van der Waals surface area contributed by atoms with E-state index in [1.54, 1.807) is 0 Å². The number of nitrogens with zero attached hydrogens (tertiary/aromatic N) is 1. The van der Waals surface area contributed by atoms with Crippen LogP contribution in [0.1, 0.15) is 33.2 Å². The molecule has 1 N–H and O–H groups in total. The van der Waals surface area contributed by atoms with E-state index in [9.17, 15) is 14.4 Å². The van der Waals surface area contributed by atoms with Gasteiger partial charge in [0.05, 0.1) is 37.6 Å². The van der Waals surface area contributed by atoms with E-state index < -0.39 is 11.9 Å². The molecule has 2 aromatic carbocycles. The van der Waals surface area contributed by atoms with Crippen LogP contribution >= 0.6 is 0 Å². The first-order valence-corrected chi connectivity index (χ1v) is 8.89. The number of esters is 2. The fraction of sp³-hybridized carbons (Fsp3) is 0.286. The molecule has 1 aliphatic heterocycles. The van der Waals surface area contributed by atoms with E-state index in [2.05, 4.69) is 18.3 Å². The summed E-state index contributed by atoms with van der Waals surface area (Å²) < 4.78 is 9.47. The van der Waals surface area contributed by atoms with E-state index in [1.165, 1.54) is 38.0 Å². The Kier molecular flexibility index (Phi) is 5.63. The van der Waals surface area contributed by atoms with Crippen molar-refractivity contribution in [2.75, 3.05) is 31.0 Å². The molecule has 0 aromatic heterocycles. The summed E-state index contributed by atoms with van der Waals surface area (Å²) in [5.41, 5.74) is 2.83. The van der Waals surface area contributed by atoms with Gasteiger partial charge in [-0.15, -0.1) is 0 Å². The molecule has 2 aromatic rings. The Hall–Kier alpha value is -3.35. The molecule has 0 saturated carbocycles. The maximum Gasteiger partial charge on any atom is 0.339 e. The normalized spacial score (nSPS) is 15.0. The van der Waals surface area contributed by atoms with Gasteiger partial charge in [-0.3, -0.25) is 4.79 Å². The predicted molar refractivity (Wildman–Crippen MR) is 105 cm³/mol. The van der Waals surface area contributed by atoms with Gasteiger partial charge in [-0.2, -0.15) is 0 Å². The van der Waals surface area contributed by atoms with Gasteiger partial charge in [-0.05, 0) is 43.2 Å². The van der Waals surface area contributed by atoms with Gasteiger partial charge >= 0.3 is 11.9 Å². The monoisotopic (exact) mass is 382 g/mol. The zero-order chi connectivity index (χ0) is 20.3. The highest BCUT2D eigenvalue weighted by Gasteiger charge is 2.27. The molecule has 0 fully saturated rings. The van der Waals surface area contributed by atoms with Crippen LogP contribution in [0.5, 0.6) is 0 Å². The van der Waals surface area contributed by atoms with Crippen molar-refractivity contribution in [1.29, 1.82) is 0 Å². The number of ether oxygens (including phenoxy) is 2. The number of rotatable bonds is 5. The molecule has 1 atom stereocenters. The van der Waals surface area contributed by atoms with Crippen molar-refractivity contribution >= 4 is 29.2 Å². The SMILES string of the molecule is COC(=O)c1ccc(C(=O)OC)c(NC(=O)CN2c3ccccc3CC2C)c1. The minimum atomic E-state index is -0.605. The average molecular weight is 382 g/mol. The van der Waals surface area contributed by atoms with E-state index in [0.29, 0.717) is 0 Å². The summed E-state index contributed by atoms with van der Waals surface area (Å²) in [7, 11) is 2.52. The zero-order valence-corrected chi connectivity index (χ0v) is 16.0. The van der Waals surface area contributed by atoms with Gasteiger partial charge in [0.25, 0.3) is 0 Å². The average Bonchev–Trinajstić information content (AvgIpc) is 3.01. The number of benzene rings is 2. The summed E-state index contributed by atoms with van der Waals surface area (Å²) in [5.74, 6) is -1.46. The first-order valence-electron chi connectivity index (χ1n) is 8.89. The van der Waals surface area contributed by atoms with Crippen molar-refractivity contribution in [3.05, 3.63) is 59.2 Å². The van der Waals surface area contributed by atoms with Gasteiger partial charge in [0.2, 0.25) is 5.91 Å². The molecule has 1 unspecified atom stereocenters. The van der Waals surface area contributed by atoms with Gasteiger partial charge in [-0.1, -0.05) is 18.2 Å². The second-order valence-corrected chi connectivity index (χ2v) is 6.60. The molecule has 0 saturated heterocycles. The molecule has 1 heterocycles. The van der Waals surface area contributed by atoms with Crippen LogP contribution in [0.15, 0.2) is 42.5 Å². The lowest BCUT2D eigenvalue weighted by atomic mass is 10.1. The molecule has 1 aliphatic rings. The number of para-hydroxylation sites is 1. The van der Waals surface area contributed by atoms with Gasteiger partial charge in [0.1, 0.15) is 0 Å². The summed E-state index contributed by atoms with van der Waals surface area (Å²) >= 11 is 0. The van der Waals surface area contributed by atoms with Crippen LogP contribution < -0.4 is 10.2 Å². The van der Waals surface area contributed by atoms with Crippen LogP contribution in [0.3, 0.4) is 0 Å². The van der Waals surface area contributed by atoms with Gasteiger partial charge in [0.15, 0.2) is 0 Å². The summed E-state index contributed by atoms with van der Waals surface area (Å²) in [4.78, 5) is 38.6. The van der Waals surface area contributed by atoms with Crippen molar-refractivity contribution in [3.8, 4) is 0 Å². The Labute approximate surface area is 163 Å². The van der Waals surface area contributed by atoms with E-state index in [0.717, 1.165) is 12.1 Å². The maximum atomic E-state index is 12.7. The standard InChI is InChI=1S/C21H22N2O5/c1-13-10-14-6-4-5-7-18(14)23(13)12-19(24)22-17-11-15(20(25)27-2)8-9-16(17)21(26)28-3/h4-9,11,13H,10,12H2,1-3H3,(H,22,24). The molecule has 0 spiro atoms. The number of hydrogen-bond donors (Lipinski definition) is 1. The lowest BCUT2D eigenvalue weighted by Crippen LogP contribution is -2.37. The fourth-order valence-electron chi connectivity index (χ4n) is 3.40. The number of amides is 1. The van der Waals surface area contributed by atoms with Gasteiger partial charge < -0.3 is 19.7 Å². The minimum absolute atomic E-state index is 0.126. The van der Waals surface area contributed by atoms with Crippen molar-refractivity contribution < 1.29 is 23.9 Å². The van der Waals surface area contributed by atoms with E-state index >= 15 is 0 Å². The smallest absolute Gasteiger partial charge is 0.339 e. The molecular weight excluding hydrogens is 360 g/mol. The number of fused-ring (bicyclic) bond motifs is 1. The highest BCUT2D eigenvalue weighted by atomic mass is 16.5. The summed E-state index contributed by atoms with van der Waals surface area (Å²) in [6, 6.07) is 12.4. The van der Waals surface area contributed by atoms with Crippen molar-refractivity contribution in [2.24, 2.45) is 0 Å². The number of nitrogens with one attached hydrogen (secondary N) is 1. The Balaban J connectivity index is 1.83. The van der Waals surface area contributed by atoms with Crippen molar-refractivity contribution in [3.63, 3.8) is 0 Å². The summed E-state index contributed by atoms with van der Waals surface area (Å²) in [5, 5.41) is 2.73. The first kappa shape index (κ1) is 19.4. The summed E-state index contributed by atoms with van der Waals surface area (Å²) in [6.45, 7) is 2.19. The van der Waals surface area contributed by atoms with Crippen molar-refractivity contribution in [2.45, 2.75) is 19.4 Å². The van der Waals surface area contributed by atoms with E-state index in [4.69, 9.17) is 9.47 Å². The molecule has 28 heavy (non-hydrogen) atoms. The lowest BCUT2D eigenvalue weighted by Gasteiger charge is -2.24. The van der Waals surface area contributed by atoms with Crippen LogP contribution in [-0.4, -0.2) is 44.7 Å². The molecule has 0 bridgehead atoms. The molecule has 3 rings (SSSR count). The predicted octanol–water partition coefficient (Wildman–Crippen LogP) is 2.65. The lowest BCUT2D eigenvalue weighted by molar-refractivity contribution is -0.115. The molecule has 7 nitrogen and oxygen atoms in total. The van der Waals surface area contributed by atoms with Crippen LogP contribution in [-0.2, 0) is 20.7 Å². The van der Waals surface area contributed by atoms with Crippen LogP contribution in [0, 0.1) is 0 Å². The second kappa shape index (κ2) is 8.12. The fourth-order valence-corrected chi connectivity index (χ4v) is 3.40. The third-order valence-corrected chi connectivity index (χ3v) is 4.78. The molecular formula is C21H22N2O5. The number of carbonyl (C=O) groups is 3. The maximum absolute atomic E-state index is 12.7. The third kappa shape index (κ3) is 3.83. The number of anilines is 2. The quantitative estimate of drug-likeness (QED) is 0.801. The Bertz CT molecular complexity index is 925. The number of carbonyl (C=O) groups excluding carboxylic acids is 3. The highest BCUT2D eigenvalue weighted by molar-refractivity contribution is 6.04. The largest absolute Gasteiger partial charge is 0.465 e. The molecule has 146 valence electrons.